The molecule has 0 saturated heterocycles. The molecular formula is C20H22ClNO. The SMILES string of the molecule is Cc1ccccc1CCNC(=O)C1(c2ccc(Cl)cc2)CCC1. The molecule has 1 N–H and O–H groups in total. The van der Waals surface area contributed by atoms with Crippen molar-refractivity contribution in [2.45, 2.75) is 38.0 Å². The van der Waals surface area contributed by atoms with Crippen molar-refractivity contribution in [1.82, 2.24) is 5.32 Å². The summed E-state index contributed by atoms with van der Waals surface area (Å²) in [5.74, 6) is 0.152. The van der Waals surface area contributed by atoms with Crippen LogP contribution in [0.25, 0.3) is 0 Å². The summed E-state index contributed by atoms with van der Waals surface area (Å²) in [6.07, 6.45) is 3.82. The van der Waals surface area contributed by atoms with Crippen LogP contribution < -0.4 is 5.32 Å². The maximum Gasteiger partial charge on any atom is 0.230 e. The Morgan fingerprint density at radius 3 is 2.43 bits per heavy atom. The number of benzene rings is 2. The van der Waals surface area contributed by atoms with Crippen LogP contribution in [-0.2, 0) is 16.6 Å². The molecule has 0 heterocycles. The lowest BCUT2D eigenvalue weighted by Gasteiger charge is -2.40. The van der Waals surface area contributed by atoms with Gasteiger partial charge in [-0.05, 0) is 55.0 Å². The molecule has 1 amide bonds. The minimum atomic E-state index is -0.351. The highest BCUT2D eigenvalue weighted by Crippen LogP contribution is 2.44. The van der Waals surface area contributed by atoms with Crippen LogP contribution >= 0.6 is 11.6 Å². The number of hydrogen-bond acceptors (Lipinski definition) is 1. The molecule has 2 aromatic rings. The van der Waals surface area contributed by atoms with E-state index in [-0.39, 0.29) is 11.3 Å². The molecule has 0 atom stereocenters. The van der Waals surface area contributed by atoms with Gasteiger partial charge in [-0.1, -0.05) is 54.4 Å². The fourth-order valence-electron chi connectivity index (χ4n) is 3.32. The predicted octanol–water partition coefficient (Wildman–Crippen LogP) is 4.43. The number of halogens is 1. The van der Waals surface area contributed by atoms with Crippen molar-refractivity contribution in [3.8, 4) is 0 Å². The number of carbonyl (C=O) groups excluding carboxylic acids is 1. The minimum Gasteiger partial charge on any atom is -0.355 e. The van der Waals surface area contributed by atoms with Gasteiger partial charge in [0.05, 0.1) is 5.41 Å². The molecule has 0 aromatic heterocycles. The maximum atomic E-state index is 12.8. The summed E-state index contributed by atoms with van der Waals surface area (Å²) >= 11 is 5.97. The zero-order valence-electron chi connectivity index (χ0n) is 13.4. The van der Waals surface area contributed by atoms with Crippen molar-refractivity contribution in [3.63, 3.8) is 0 Å². The number of nitrogens with one attached hydrogen (secondary N) is 1. The summed E-state index contributed by atoms with van der Waals surface area (Å²) in [6, 6.07) is 16.0. The Hall–Kier alpha value is -1.80. The third-order valence-corrected chi connectivity index (χ3v) is 5.23. The molecule has 23 heavy (non-hydrogen) atoms. The van der Waals surface area contributed by atoms with E-state index in [4.69, 9.17) is 11.6 Å². The second-order valence-corrected chi connectivity index (χ2v) is 6.81. The second kappa shape index (κ2) is 6.76. The number of carbonyl (C=O) groups is 1. The van der Waals surface area contributed by atoms with E-state index in [0.717, 1.165) is 31.2 Å². The zero-order valence-corrected chi connectivity index (χ0v) is 14.2. The van der Waals surface area contributed by atoms with Crippen molar-refractivity contribution in [3.05, 3.63) is 70.2 Å². The van der Waals surface area contributed by atoms with Crippen LogP contribution in [0.3, 0.4) is 0 Å². The normalized spacial score (nSPS) is 15.7. The molecule has 0 spiro atoms. The Balaban J connectivity index is 1.64. The summed E-state index contributed by atoms with van der Waals surface area (Å²) in [5.41, 5.74) is 3.30. The summed E-state index contributed by atoms with van der Waals surface area (Å²) in [5, 5.41) is 3.85. The molecule has 3 heteroatoms. The van der Waals surface area contributed by atoms with E-state index in [1.54, 1.807) is 0 Å². The first kappa shape index (κ1) is 16.1. The Morgan fingerprint density at radius 2 is 1.83 bits per heavy atom. The molecule has 0 unspecified atom stereocenters. The lowest BCUT2D eigenvalue weighted by Crippen LogP contribution is -2.49. The van der Waals surface area contributed by atoms with E-state index in [1.165, 1.54) is 11.1 Å². The number of aryl methyl sites for hydroxylation is 1. The molecule has 120 valence electrons. The molecule has 0 radical (unpaired) electrons. The standard InChI is InChI=1S/C20H22ClNO/c1-15-5-2-3-6-16(15)11-14-22-19(23)20(12-4-13-20)17-7-9-18(21)10-8-17/h2-3,5-10H,4,11-14H2,1H3,(H,22,23). The third-order valence-electron chi connectivity index (χ3n) is 4.98. The monoisotopic (exact) mass is 327 g/mol. The van der Waals surface area contributed by atoms with E-state index < -0.39 is 0 Å². The molecule has 3 rings (SSSR count). The van der Waals surface area contributed by atoms with Gasteiger partial charge >= 0.3 is 0 Å². The van der Waals surface area contributed by atoms with Crippen molar-refractivity contribution in [2.24, 2.45) is 0 Å². The summed E-state index contributed by atoms with van der Waals surface area (Å²) < 4.78 is 0. The molecule has 1 aliphatic rings. The van der Waals surface area contributed by atoms with Crippen LogP contribution in [0, 0.1) is 6.92 Å². The fraction of sp³-hybridized carbons (Fsp3) is 0.350. The van der Waals surface area contributed by atoms with Crippen LogP contribution in [0.4, 0.5) is 0 Å². The second-order valence-electron chi connectivity index (χ2n) is 6.37. The van der Waals surface area contributed by atoms with E-state index in [2.05, 4.69) is 24.4 Å². The molecule has 2 nitrogen and oxygen atoms in total. The highest BCUT2D eigenvalue weighted by Gasteiger charge is 2.45. The Bertz CT molecular complexity index is 689. The highest BCUT2D eigenvalue weighted by atomic mass is 35.5. The van der Waals surface area contributed by atoms with Crippen LogP contribution in [-0.4, -0.2) is 12.5 Å². The predicted molar refractivity (Wildman–Crippen MR) is 94.9 cm³/mol. The zero-order chi connectivity index (χ0) is 16.3. The summed E-state index contributed by atoms with van der Waals surface area (Å²) in [7, 11) is 0. The van der Waals surface area contributed by atoms with Gasteiger partial charge in [0.15, 0.2) is 0 Å². The Labute approximate surface area is 142 Å². The van der Waals surface area contributed by atoms with Crippen LogP contribution in [0.1, 0.15) is 36.0 Å². The van der Waals surface area contributed by atoms with Crippen molar-refractivity contribution in [2.75, 3.05) is 6.54 Å². The van der Waals surface area contributed by atoms with E-state index >= 15 is 0 Å². The smallest absolute Gasteiger partial charge is 0.230 e. The average molecular weight is 328 g/mol. The molecule has 1 saturated carbocycles. The van der Waals surface area contributed by atoms with Crippen molar-refractivity contribution in [1.29, 1.82) is 0 Å². The van der Waals surface area contributed by atoms with E-state index in [0.29, 0.717) is 11.6 Å². The van der Waals surface area contributed by atoms with Gasteiger partial charge in [0.2, 0.25) is 5.91 Å². The lowest BCUT2D eigenvalue weighted by molar-refractivity contribution is -0.129. The van der Waals surface area contributed by atoms with Crippen LogP contribution in [0.5, 0.6) is 0 Å². The van der Waals surface area contributed by atoms with Gasteiger partial charge in [-0.2, -0.15) is 0 Å². The van der Waals surface area contributed by atoms with Gasteiger partial charge < -0.3 is 5.32 Å². The van der Waals surface area contributed by atoms with Crippen molar-refractivity contribution < 1.29 is 4.79 Å². The topological polar surface area (TPSA) is 29.1 Å². The first-order chi connectivity index (χ1) is 11.1. The molecule has 1 fully saturated rings. The number of rotatable bonds is 5. The average Bonchev–Trinajstić information content (AvgIpc) is 2.50. The lowest BCUT2D eigenvalue weighted by atomic mass is 9.64. The quantitative estimate of drug-likeness (QED) is 0.864. The largest absolute Gasteiger partial charge is 0.355 e. The Kier molecular flexibility index (Phi) is 4.72. The Morgan fingerprint density at radius 1 is 1.13 bits per heavy atom. The molecular weight excluding hydrogens is 306 g/mol. The van der Waals surface area contributed by atoms with E-state index in [9.17, 15) is 4.79 Å². The van der Waals surface area contributed by atoms with Gasteiger partial charge in [0.25, 0.3) is 0 Å². The van der Waals surface area contributed by atoms with Gasteiger partial charge in [-0.25, -0.2) is 0 Å². The van der Waals surface area contributed by atoms with Gasteiger partial charge in [-0.3, -0.25) is 4.79 Å². The van der Waals surface area contributed by atoms with Crippen LogP contribution in [0.15, 0.2) is 48.5 Å². The maximum absolute atomic E-state index is 12.8. The van der Waals surface area contributed by atoms with Gasteiger partial charge in [0, 0.05) is 11.6 Å². The molecule has 2 aromatic carbocycles. The number of amides is 1. The molecule has 1 aliphatic carbocycles. The van der Waals surface area contributed by atoms with Gasteiger partial charge in [-0.15, -0.1) is 0 Å². The van der Waals surface area contributed by atoms with Gasteiger partial charge in [0.1, 0.15) is 0 Å². The first-order valence-electron chi connectivity index (χ1n) is 8.21. The minimum absolute atomic E-state index is 0.152. The highest BCUT2D eigenvalue weighted by molar-refractivity contribution is 6.30. The summed E-state index contributed by atoms with van der Waals surface area (Å²) in [6.45, 7) is 2.79. The number of hydrogen-bond donors (Lipinski definition) is 1. The third kappa shape index (κ3) is 3.28. The van der Waals surface area contributed by atoms with E-state index in [1.807, 2.05) is 36.4 Å². The molecule has 0 bridgehead atoms. The first-order valence-corrected chi connectivity index (χ1v) is 8.58. The molecule has 0 aliphatic heterocycles. The fourth-order valence-corrected chi connectivity index (χ4v) is 3.44. The van der Waals surface area contributed by atoms with Crippen molar-refractivity contribution >= 4 is 17.5 Å². The summed E-state index contributed by atoms with van der Waals surface area (Å²) in [4.78, 5) is 12.8. The van der Waals surface area contributed by atoms with Crippen LogP contribution in [0.2, 0.25) is 5.02 Å².